The summed E-state index contributed by atoms with van der Waals surface area (Å²) in [5, 5.41) is 9.58. The third kappa shape index (κ3) is 4.19. The van der Waals surface area contributed by atoms with Gasteiger partial charge in [0.1, 0.15) is 4.88 Å². The molecule has 0 aliphatic heterocycles. The van der Waals surface area contributed by atoms with E-state index < -0.39 is 29.0 Å². The Labute approximate surface area is 170 Å². The van der Waals surface area contributed by atoms with E-state index in [2.05, 4.69) is 0 Å². The van der Waals surface area contributed by atoms with Crippen LogP contribution in [0.3, 0.4) is 0 Å². The van der Waals surface area contributed by atoms with Crippen molar-refractivity contribution in [1.82, 2.24) is 0 Å². The molecule has 0 saturated carbocycles. The normalized spacial score (nSPS) is 12.6. The Balaban J connectivity index is 2.25. The number of hydrogen-bond acceptors (Lipinski definition) is 3. The number of alkyl halides is 3. The second-order valence-corrected chi connectivity index (χ2v) is 7.86. The van der Waals surface area contributed by atoms with E-state index >= 15 is 0 Å². The van der Waals surface area contributed by atoms with E-state index in [4.69, 9.17) is 0 Å². The molecule has 5 nitrogen and oxygen atoms in total. The molecule has 1 atom stereocenters. The van der Waals surface area contributed by atoms with E-state index in [1.807, 2.05) is 0 Å². The lowest BCUT2D eigenvalue weighted by Crippen LogP contribution is -2.21. The highest BCUT2D eigenvalue weighted by molar-refractivity contribution is 7.81. The molecule has 3 rings (SSSR count). The van der Waals surface area contributed by atoms with Gasteiger partial charge in [-0.15, -0.1) is 11.3 Å². The summed E-state index contributed by atoms with van der Waals surface area (Å²) in [6.07, 6.45) is -4.64. The van der Waals surface area contributed by atoms with Crippen LogP contribution in [0.25, 0.3) is 10.4 Å². The van der Waals surface area contributed by atoms with Gasteiger partial charge in [-0.2, -0.15) is 13.2 Å². The molecule has 1 unspecified atom stereocenters. The molecule has 10 heteroatoms. The Morgan fingerprint density at radius 3 is 2.28 bits per heavy atom. The Morgan fingerprint density at radius 1 is 1.07 bits per heavy atom. The number of aromatic carboxylic acids is 1. The van der Waals surface area contributed by atoms with Crippen LogP contribution >= 0.6 is 11.3 Å². The van der Waals surface area contributed by atoms with Gasteiger partial charge in [-0.05, 0) is 30.7 Å². The first kappa shape index (κ1) is 21.0. The van der Waals surface area contributed by atoms with Gasteiger partial charge in [-0.1, -0.05) is 36.4 Å². The molecule has 1 aromatic heterocycles. The molecule has 0 amide bonds. The third-order valence-corrected chi connectivity index (χ3v) is 5.97. The zero-order chi connectivity index (χ0) is 21.3. The number of hydrogen-bond donors (Lipinski definition) is 2. The molecule has 29 heavy (non-hydrogen) atoms. The predicted molar refractivity (Wildman–Crippen MR) is 106 cm³/mol. The predicted octanol–water partition coefficient (Wildman–Crippen LogP) is 5.72. The zero-order valence-corrected chi connectivity index (χ0v) is 16.4. The number of halogens is 3. The van der Waals surface area contributed by atoms with Gasteiger partial charge in [-0.3, -0.25) is 4.55 Å². The first-order valence-electron chi connectivity index (χ1n) is 8.11. The second-order valence-electron chi connectivity index (χ2n) is 5.99. The summed E-state index contributed by atoms with van der Waals surface area (Å²) >= 11 is -2.04. The number of nitrogens with zero attached hydrogens (tertiary/aromatic N) is 1. The molecule has 0 aliphatic rings. The van der Waals surface area contributed by atoms with Crippen LogP contribution in [-0.2, 0) is 17.4 Å². The van der Waals surface area contributed by atoms with Gasteiger partial charge in [-0.25, -0.2) is 13.3 Å². The van der Waals surface area contributed by atoms with Crippen molar-refractivity contribution in [2.24, 2.45) is 0 Å². The zero-order valence-electron chi connectivity index (χ0n) is 14.8. The smallest absolute Gasteiger partial charge is 0.417 e. The minimum absolute atomic E-state index is 0.0226. The van der Waals surface area contributed by atoms with Gasteiger partial charge < -0.3 is 5.11 Å². The summed E-state index contributed by atoms with van der Waals surface area (Å²) in [7, 11) is 0. The van der Waals surface area contributed by atoms with Crippen LogP contribution in [0, 0.1) is 6.92 Å². The van der Waals surface area contributed by atoms with Gasteiger partial charge in [0.05, 0.1) is 16.9 Å². The summed E-state index contributed by atoms with van der Waals surface area (Å²) in [5.41, 5.74) is -0.423. The maximum Gasteiger partial charge on any atom is 0.417 e. The molecule has 0 spiro atoms. The molecule has 0 fully saturated rings. The average Bonchev–Trinajstić information content (AvgIpc) is 3.07. The average molecular weight is 441 g/mol. The Morgan fingerprint density at radius 2 is 1.69 bits per heavy atom. The Hall–Kier alpha value is -2.69. The molecule has 1 heterocycles. The van der Waals surface area contributed by atoms with Crippen molar-refractivity contribution in [3.8, 4) is 10.4 Å². The van der Waals surface area contributed by atoms with E-state index in [9.17, 15) is 31.8 Å². The van der Waals surface area contributed by atoms with Gasteiger partial charge in [0.25, 0.3) is 11.3 Å². The summed E-state index contributed by atoms with van der Waals surface area (Å²) in [4.78, 5) is 11.5. The monoisotopic (exact) mass is 441 g/mol. The van der Waals surface area contributed by atoms with Crippen LogP contribution < -0.4 is 4.31 Å². The van der Waals surface area contributed by atoms with Crippen molar-refractivity contribution in [3.63, 3.8) is 0 Å². The SMILES string of the molecule is Cc1ccccc1N(c1cc(-c2ccccc2C(F)(F)F)sc1C(=O)O)S(=O)O. The highest BCUT2D eigenvalue weighted by Gasteiger charge is 2.35. The first-order chi connectivity index (χ1) is 13.6. The van der Waals surface area contributed by atoms with Crippen molar-refractivity contribution in [3.05, 3.63) is 70.6 Å². The molecular formula is C19H14F3NO4S2. The van der Waals surface area contributed by atoms with Gasteiger partial charge in [0.15, 0.2) is 0 Å². The quantitative estimate of drug-likeness (QED) is 0.497. The summed E-state index contributed by atoms with van der Waals surface area (Å²) < 4.78 is 63.0. The van der Waals surface area contributed by atoms with Crippen LogP contribution in [0.5, 0.6) is 0 Å². The molecule has 0 bridgehead atoms. The number of para-hydroxylation sites is 1. The van der Waals surface area contributed by atoms with Crippen molar-refractivity contribution in [2.75, 3.05) is 4.31 Å². The summed E-state index contributed by atoms with van der Waals surface area (Å²) in [6, 6.07) is 12.5. The van der Waals surface area contributed by atoms with E-state index in [0.29, 0.717) is 16.9 Å². The summed E-state index contributed by atoms with van der Waals surface area (Å²) in [5.74, 6) is -1.41. The molecule has 152 valence electrons. The first-order valence-corrected chi connectivity index (χ1v) is 9.99. The Kier molecular flexibility index (Phi) is 5.78. The fourth-order valence-electron chi connectivity index (χ4n) is 2.85. The maximum absolute atomic E-state index is 13.4. The van der Waals surface area contributed by atoms with E-state index in [1.165, 1.54) is 30.3 Å². The van der Waals surface area contributed by atoms with E-state index in [1.54, 1.807) is 25.1 Å². The fraction of sp³-hybridized carbons (Fsp3) is 0.105. The van der Waals surface area contributed by atoms with Gasteiger partial charge >= 0.3 is 12.1 Å². The van der Waals surface area contributed by atoms with Crippen molar-refractivity contribution in [2.45, 2.75) is 13.1 Å². The third-order valence-electron chi connectivity index (χ3n) is 4.11. The molecule has 0 saturated heterocycles. The van der Waals surface area contributed by atoms with Crippen LogP contribution in [-0.4, -0.2) is 19.8 Å². The Bertz CT molecular complexity index is 1100. The molecular weight excluding hydrogens is 427 g/mol. The van der Waals surface area contributed by atoms with E-state index in [0.717, 1.165) is 10.4 Å². The maximum atomic E-state index is 13.4. The summed E-state index contributed by atoms with van der Waals surface area (Å²) in [6.45, 7) is 1.67. The molecule has 2 N–H and O–H groups in total. The van der Waals surface area contributed by atoms with Crippen LogP contribution in [0.2, 0.25) is 0 Å². The number of benzene rings is 2. The molecule has 2 aromatic carbocycles. The highest BCUT2D eigenvalue weighted by atomic mass is 32.2. The lowest BCUT2D eigenvalue weighted by atomic mass is 10.1. The van der Waals surface area contributed by atoms with Crippen LogP contribution in [0.15, 0.2) is 54.6 Å². The number of carboxylic acids is 1. The number of rotatable bonds is 5. The standard InChI is InChI=1S/C19H14F3NO4S2/c1-11-6-2-5-9-14(11)23(29(26)27)15-10-16(28-17(15)18(24)25)12-7-3-4-8-13(12)19(20,21)22/h2-10H,1H3,(H,24,25)(H,26,27). The molecule has 0 aliphatic carbocycles. The number of carboxylic acid groups (broad SMARTS) is 1. The minimum Gasteiger partial charge on any atom is -0.477 e. The van der Waals surface area contributed by atoms with Crippen LogP contribution in [0.1, 0.15) is 20.8 Å². The number of anilines is 2. The minimum atomic E-state index is -4.64. The number of thiophene rings is 1. The van der Waals surface area contributed by atoms with Gasteiger partial charge in [0, 0.05) is 10.4 Å². The van der Waals surface area contributed by atoms with E-state index in [-0.39, 0.29) is 26.7 Å². The van der Waals surface area contributed by atoms with Crippen molar-refractivity contribution in [1.29, 1.82) is 0 Å². The molecule has 0 radical (unpaired) electrons. The second kappa shape index (κ2) is 7.97. The van der Waals surface area contributed by atoms with Crippen LogP contribution in [0.4, 0.5) is 24.5 Å². The lowest BCUT2D eigenvalue weighted by Gasteiger charge is -2.21. The lowest BCUT2D eigenvalue weighted by molar-refractivity contribution is -0.137. The largest absolute Gasteiger partial charge is 0.477 e. The highest BCUT2D eigenvalue weighted by Crippen LogP contribution is 2.44. The topological polar surface area (TPSA) is 77.8 Å². The number of carbonyl (C=O) groups is 1. The molecule has 3 aromatic rings. The van der Waals surface area contributed by atoms with Crippen molar-refractivity contribution >= 4 is 39.9 Å². The van der Waals surface area contributed by atoms with Crippen molar-refractivity contribution < 1.29 is 31.8 Å². The fourth-order valence-corrected chi connectivity index (χ4v) is 4.62. The number of aryl methyl sites for hydroxylation is 1. The van der Waals surface area contributed by atoms with Gasteiger partial charge in [0.2, 0.25) is 0 Å².